The molecule has 0 aliphatic heterocycles. The molecule has 2 rings (SSSR count). The molecular weight excluding hydrogens is 288 g/mol. The third-order valence-corrected chi connectivity index (χ3v) is 4.99. The molecule has 0 atom stereocenters. The molecule has 1 saturated carbocycles. The quantitative estimate of drug-likeness (QED) is 0.707. The molecule has 1 aromatic rings. The van der Waals surface area contributed by atoms with Crippen molar-refractivity contribution in [2.75, 3.05) is 33.7 Å². The number of hydrogen-bond acceptors (Lipinski definition) is 4. The SMILES string of the molecule is CCNCc1cc(S(=O)(=O)NCCN(C)C)cn1C1CC1. The molecule has 0 unspecified atom stereocenters. The van der Waals surface area contributed by atoms with Crippen molar-refractivity contribution in [1.29, 1.82) is 0 Å². The highest BCUT2D eigenvalue weighted by Gasteiger charge is 2.28. The predicted molar refractivity (Wildman–Crippen MR) is 83.8 cm³/mol. The van der Waals surface area contributed by atoms with E-state index in [0.29, 0.717) is 30.6 Å². The van der Waals surface area contributed by atoms with Crippen LogP contribution in [0.2, 0.25) is 0 Å². The summed E-state index contributed by atoms with van der Waals surface area (Å²) in [7, 11) is 0.432. The Morgan fingerprint density at radius 1 is 1.38 bits per heavy atom. The lowest BCUT2D eigenvalue weighted by atomic mass is 10.4. The number of hydrogen-bond donors (Lipinski definition) is 2. The summed E-state index contributed by atoms with van der Waals surface area (Å²) in [6, 6.07) is 2.27. The molecule has 120 valence electrons. The molecule has 1 aromatic heterocycles. The van der Waals surface area contributed by atoms with Gasteiger partial charge in [-0.15, -0.1) is 0 Å². The van der Waals surface area contributed by atoms with Crippen LogP contribution in [0.5, 0.6) is 0 Å². The van der Waals surface area contributed by atoms with Gasteiger partial charge in [0.05, 0.1) is 4.90 Å². The summed E-state index contributed by atoms with van der Waals surface area (Å²) in [5, 5.41) is 3.27. The molecule has 6 nitrogen and oxygen atoms in total. The third-order valence-electron chi connectivity index (χ3n) is 3.56. The lowest BCUT2D eigenvalue weighted by Gasteiger charge is -2.10. The smallest absolute Gasteiger partial charge is 0.242 e. The molecule has 0 radical (unpaired) electrons. The molecule has 1 heterocycles. The summed E-state index contributed by atoms with van der Waals surface area (Å²) in [6.07, 6.45) is 4.06. The molecule has 1 aliphatic rings. The Morgan fingerprint density at radius 2 is 2.10 bits per heavy atom. The van der Waals surface area contributed by atoms with Crippen LogP contribution >= 0.6 is 0 Å². The molecular formula is C14H26N4O2S. The Balaban J connectivity index is 2.11. The molecule has 1 fully saturated rings. The van der Waals surface area contributed by atoms with Crippen molar-refractivity contribution in [2.45, 2.75) is 37.2 Å². The predicted octanol–water partition coefficient (Wildman–Crippen LogP) is 0.772. The maximum Gasteiger partial charge on any atom is 0.242 e. The van der Waals surface area contributed by atoms with E-state index in [-0.39, 0.29) is 0 Å². The van der Waals surface area contributed by atoms with E-state index in [1.165, 1.54) is 0 Å². The van der Waals surface area contributed by atoms with Gasteiger partial charge in [0.25, 0.3) is 0 Å². The second-order valence-electron chi connectivity index (χ2n) is 5.79. The van der Waals surface area contributed by atoms with Gasteiger partial charge in [-0.05, 0) is 39.5 Å². The van der Waals surface area contributed by atoms with Crippen LogP contribution in [0.3, 0.4) is 0 Å². The van der Waals surface area contributed by atoms with Crippen LogP contribution in [0.15, 0.2) is 17.2 Å². The second-order valence-corrected chi connectivity index (χ2v) is 7.55. The molecule has 0 saturated heterocycles. The fourth-order valence-electron chi connectivity index (χ4n) is 2.22. The molecule has 7 heteroatoms. The van der Waals surface area contributed by atoms with Gasteiger partial charge in [-0.25, -0.2) is 13.1 Å². The number of aromatic nitrogens is 1. The van der Waals surface area contributed by atoms with E-state index in [0.717, 1.165) is 25.1 Å². The van der Waals surface area contributed by atoms with Gasteiger partial charge in [0.2, 0.25) is 10.0 Å². The number of rotatable bonds is 9. The van der Waals surface area contributed by atoms with Crippen molar-refractivity contribution in [3.63, 3.8) is 0 Å². The minimum absolute atomic E-state index is 0.376. The lowest BCUT2D eigenvalue weighted by molar-refractivity contribution is 0.412. The maximum absolute atomic E-state index is 12.3. The largest absolute Gasteiger partial charge is 0.346 e. The minimum Gasteiger partial charge on any atom is -0.346 e. The fourth-order valence-corrected chi connectivity index (χ4v) is 3.29. The molecule has 21 heavy (non-hydrogen) atoms. The van der Waals surface area contributed by atoms with Gasteiger partial charge in [0.1, 0.15) is 0 Å². The number of likely N-dealkylation sites (N-methyl/N-ethyl adjacent to an activating group) is 1. The third kappa shape index (κ3) is 4.54. The fraction of sp³-hybridized carbons (Fsp3) is 0.714. The van der Waals surface area contributed by atoms with E-state index < -0.39 is 10.0 Å². The first-order valence-electron chi connectivity index (χ1n) is 7.50. The molecule has 2 N–H and O–H groups in total. The van der Waals surface area contributed by atoms with Crippen LogP contribution in [-0.2, 0) is 16.6 Å². The number of sulfonamides is 1. The van der Waals surface area contributed by atoms with Crippen LogP contribution in [0, 0.1) is 0 Å². The van der Waals surface area contributed by atoms with Gasteiger partial charge in [-0.3, -0.25) is 0 Å². The van der Waals surface area contributed by atoms with E-state index in [4.69, 9.17) is 0 Å². The zero-order chi connectivity index (χ0) is 15.5. The summed E-state index contributed by atoms with van der Waals surface area (Å²) < 4.78 is 29.4. The summed E-state index contributed by atoms with van der Waals surface area (Å²) in [6.45, 7) is 4.74. The maximum atomic E-state index is 12.3. The van der Waals surface area contributed by atoms with Crippen molar-refractivity contribution in [2.24, 2.45) is 0 Å². The van der Waals surface area contributed by atoms with Gasteiger partial charge in [0, 0.05) is 37.6 Å². The van der Waals surface area contributed by atoms with Gasteiger partial charge >= 0.3 is 0 Å². The Bertz CT molecular complexity index is 562. The van der Waals surface area contributed by atoms with E-state index in [9.17, 15) is 8.42 Å². The molecule has 1 aliphatic carbocycles. The first-order valence-corrected chi connectivity index (χ1v) is 8.98. The van der Waals surface area contributed by atoms with Gasteiger partial charge in [-0.1, -0.05) is 6.92 Å². The van der Waals surface area contributed by atoms with Gasteiger partial charge in [0.15, 0.2) is 0 Å². The number of nitrogens with zero attached hydrogens (tertiary/aromatic N) is 2. The van der Waals surface area contributed by atoms with Crippen LogP contribution in [0.1, 0.15) is 31.5 Å². The van der Waals surface area contributed by atoms with E-state index >= 15 is 0 Å². The van der Waals surface area contributed by atoms with E-state index in [1.54, 1.807) is 12.3 Å². The molecule has 0 amide bonds. The number of nitrogens with one attached hydrogen (secondary N) is 2. The van der Waals surface area contributed by atoms with Gasteiger partial charge < -0.3 is 14.8 Å². The van der Waals surface area contributed by atoms with Crippen molar-refractivity contribution >= 4 is 10.0 Å². The van der Waals surface area contributed by atoms with E-state index in [1.807, 2.05) is 25.9 Å². The highest BCUT2D eigenvalue weighted by molar-refractivity contribution is 7.89. The van der Waals surface area contributed by atoms with Crippen LogP contribution in [0.25, 0.3) is 0 Å². The average molecular weight is 314 g/mol. The molecule has 0 spiro atoms. The highest BCUT2D eigenvalue weighted by Crippen LogP contribution is 2.37. The normalized spacial score (nSPS) is 15.8. The van der Waals surface area contributed by atoms with Crippen molar-refractivity contribution in [1.82, 2.24) is 19.5 Å². The van der Waals surface area contributed by atoms with Crippen molar-refractivity contribution in [3.05, 3.63) is 18.0 Å². The molecule has 0 bridgehead atoms. The van der Waals surface area contributed by atoms with Crippen molar-refractivity contribution < 1.29 is 8.42 Å². The monoisotopic (exact) mass is 314 g/mol. The van der Waals surface area contributed by atoms with Gasteiger partial charge in [-0.2, -0.15) is 0 Å². The first kappa shape index (κ1) is 16.5. The van der Waals surface area contributed by atoms with Crippen LogP contribution < -0.4 is 10.0 Å². The zero-order valence-corrected chi connectivity index (χ0v) is 13.9. The lowest BCUT2D eigenvalue weighted by Crippen LogP contribution is -2.31. The standard InChI is InChI=1S/C14H26N4O2S/c1-4-15-10-13-9-14(11-18(13)12-5-6-12)21(19,20)16-7-8-17(2)3/h9,11-12,15-16H,4-8,10H2,1-3H3. The Morgan fingerprint density at radius 3 is 2.67 bits per heavy atom. The zero-order valence-electron chi connectivity index (χ0n) is 13.1. The topological polar surface area (TPSA) is 66.4 Å². The summed E-state index contributed by atoms with van der Waals surface area (Å²) in [5.74, 6) is 0. The summed E-state index contributed by atoms with van der Waals surface area (Å²) in [5.41, 5.74) is 1.05. The molecule has 0 aromatic carbocycles. The van der Waals surface area contributed by atoms with E-state index in [2.05, 4.69) is 14.6 Å². The summed E-state index contributed by atoms with van der Waals surface area (Å²) >= 11 is 0. The minimum atomic E-state index is -3.41. The Kier molecular flexibility index (Phi) is 5.43. The highest BCUT2D eigenvalue weighted by atomic mass is 32.2. The van der Waals surface area contributed by atoms with Crippen LogP contribution in [-0.4, -0.2) is 51.6 Å². The first-order chi connectivity index (χ1) is 9.94. The van der Waals surface area contributed by atoms with Crippen molar-refractivity contribution in [3.8, 4) is 0 Å². The Labute approximate surface area is 127 Å². The van der Waals surface area contributed by atoms with Crippen LogP contribution in [0.4, 0.5) is 0 Å². The summed E-state index contributed by atoms with van der Waals surface area (Å²) in [4.78, 5) is 2.33. The second kappa shape index (κ2) is 6.91. The Hall–Kier alpha value is -0.890. The average Bonchev–Trinajstić information content (AvgIpc) is 3.15.